The molecule has 0 aliphatic carbocycles. The summed E-state index contributed by atoms with van der Waals surface area (Å²) in [6.07, 6.45) is 2.27. The Labute approximate surface area is 185 Å². The predicted octanol–water partition coefficient (Wildman–Crippen LogP) is 4.55. The average Bonchev–Trinajstić information content (AvgIpc) is 3.05. The Morgan fingerprint density at radius 3 is 2.58 bits per heavy atom. The topological polar surface area (TPSA) is 84.9 Å². The first kappa shape index (κ1) is 22.4. The number of nitrogens with one attached hydrogen (secondary N) is 1. The summed E-state index contributed by atoms with van der Waals surface area (Å²) >= 11 is 0.892. The molecule has 0 aromatic heterocycles. The number of benzene rings is 2. The molecule has 2 aromatic carbocycles. The van der Waals surface area contributed by atoms with Crippen LogP contribution in [0.15, 0.2) is 53.4 Å². The lowest BCUT2D eigenvalue weighted by Gasteiger charge is -2.19. The molecule has 1 unspecified atom stereocenters. The van der Waals surface area contributed by atoms with Crippen molar-refractivity contribution in [3.8, 4) is 11.5 Å². The molecule has 0 bridgehead atoms. The first-order valence-corrected chi connectivity index (χ1v) is 10.7. The zero-order valence-corrected chi connectivity index (χ0v) is 18.4. The number of methoxy groups -OCH3 is 1. The van der Waals surface area contributed by atoms with E-state index in [0.29, 0.717) is 34.1 Å². The molecule has 7 nitrogen and oxygen atoms in total. The summed E-state index contributed by atoms with van der Waals surface area (Å²) < 4.78 is 11.1. The highest BCUT2D eigenvalue weighted by Gasteiger charge is 2.37. The number of anilines is 1. The van der Waals surface area contributed by atoms with Gasteiger partial charge in [0.1, 0.15) is 0 Å². The number of carbonyl (C=O) groups is 3. The van der Waals surface area contributed by atoms with Gasteiger partial charge >= 0.3 is 0 Å². The van der Waals surface area contributed by atoms with E-state index in [1.165, 1.54) is 12.0 Å². The second-order valence-electron chi connectivity index (χ2n) is 6.89. The number of thioether (sulfide) groups is 1. The third-order valence-electron chi connectivity index (χ3n) is 4.78. The van der Waals surface area contributed by atoms with Gasteiger partial charge in [0.25, 0.3) is 17.1 Å². The SMILES string of the molecule is CCC(C)N1C(=O)SC(=Cc2cccc(OC)c2OCC(=O)Nc2ccccc2)C1=O. The maximum Gasteiger partial charge on any atom is 0.293 e. The predicted molar refractivity (Wildman–Crippen MR) is 121 cm³/mol. The molecule has 162 valence electrons. The van der Waals surface area contributed by atoms with E-state index < -0.39 is 0 Å². The van der Waals surface area contributed by atoms with Crippen LogP contribution in [0.25, 0.3) is 6.08 Å². The van der Waals surface area contributed by atoms with Gasteiger partial charge in [-0.1, -0.05) is 37.3 Å². The molecule has 8 heteroatoms. The van der Waals surface area contributed by atoms with Crippen LogP contribution in [0.2, 0.25) is 0 Å². The van der Waals surface area contributed by atoms with Gasteiger partial charge in [-0.3, -0.25) is 19.3 Å². The third kappa shape index (κ3) is 5.27. The number of carbonyl (C=O) groups excluding carboxylic acids is 3. The van der Waals surface area contributed by atoms with Crippen molar-refractivity contribution in [2.24, 2.45) is 0 Å². The Kier molecular flexibility index (Phi) is 7.36. The van der Waals surface area contributed by atoms with E-state index in [1.54, 1.807) is 36.4 Å². The summed E-state index contributed by atoms with van der Waals surface area (Å²) in [7, 11) is 1.49. The second-order valence-corrected chi connectivity index (χ2v) is 7.88. The average molecular weight is 441 g/mol. The molecule has 0 spiro atoms. The van der Waals surface area contributed by atoms with Crippen LogP contribution in [-0.2, 0) is 9.59 Å². The Morgan fingerprint density at radius 1 is 1.16 bits per heavy atom. The monoisotopic (exact) mass is 440 g/mol. The minimum Gasteiger partial charge on any atom is -0.493 e. The van der Waals surface area contributed by atoms with Gasteiger partial charge in [-0.15, -0.1) is 0 Å². The summed E-state index contributed by atoms with van der Waals surface area (Å²) in [5.74, 6) is 0.0751. The number of hydrogen-bond acceptors (Lipinski definition) is 6. The lowest BCUT2D eigenvalue weighted by Crippen LogP contribution is -2.36. The van der Waals surface area contributed by atoms with Crippen LogP contribution >= 0.6 is 11.8 Å². The minimum atomic E-state index is -0.333. The van der Waals surface area contributed by atoms with Crippen LogP contribution in [0.3, 0.4) is 0 Å². The van der Waals surface area contributed by atoms with Crippen molar-refractivity contribution in [2.45, 2.75) is 26.3 Å². The van der Waals surface area contributed by atoms with Crippen molar-refractivity contribution >= 4 is 40.6 Å². The minimum absolute atomic E-state index is 0.180. The largest absolute Gasteiger partial charge is 0.493 e. The number of rotatable bonds is 8. The van der Waals surface area contributed by atoms with E-state index in [9.17, 15) is 14.4 Å². The van der Waals surface area contributed by atoms with Crippen molar-refractivity contribution in [2.75, 3.05) is 19.0 Å². The number of para-hydroxylation sites is 2. The molecule has 0 saturated carbocycles. The van der Waals surface area contributed by atoms with Crippen molar-refractivity contribution in [3.05, 3.63) is 59.0 Å². The molecule has 31 heavy (non-hydrogen) atoms. The third-order valence-corrected chi connectivity index (χ3v) is 5.66. The van der Waals surface area contributed by atoms with Crippen molar-refractivity contribution in [3.63, 3.8) is 0 Å². The molecule has 3 rings (SSSR count). The summed E-state index contributed by atoms with van der Waals surface area (Å²) in [6.45, 7) is 3.52. The fraction of sp³-hybridized carbons (Fsp3) is 0.261. The Hall–Kier alpha value is -3.26. The Balaban J connectivity index is 1.81. The molecule has 1 aliphatic heterocycles. The van der Waals surface area contributed by atoms with Crippen LogP contribution < -0.4 is 14.8 Å². The highest BCUT2D eigenvalue weighted by molar-refractivity contribution is 8.18. The van der Waals surface area contributed by atoms with E-state index in [-0.39, 0.29) is 29.7 Å². The van der Waals surface area contributed by atoms with Gasteiger partial charge < -0.3 is 14.8 Å². The van der Waals surface area contributed by atoms with E-state index in [4.69, 9.17) is 9.47 Å². The molecule has 1 saturated heterocycles. The molecule has 1 N–H and O–H groups in total. The van der Waals surface area contributed by atoms with Gasteiger partial charge in [-0.25, -0.2) is 0 Å². The molecule has 1 fully saturated rings. The number of hydrogen-bond donors (Lipinski definition) is 1. The lowest BCUT2D eigenvalue weighted by atomic mass is 10.1. The fourth-order valence-electron chi connectivity index (χ4n) is 3.00. The van der Waals surface area contributed by atoms with Gasteiger partial charge in [0, 0.05) is 17.3 Å². The first-order chi connectivity index (χ1) is 14.9. The molecular formula is C23H24N2O5S. The van der Waals surface area contributed by atoms with Gasteiger partial charge in [0.05, 0.1) is 12.0 Å². The molecule has 2 aromatic rings. The number of ether oxygens (including phenoxy) is 2. The Bertz CT molecular complexity index is 1010. The lowest BCUT2D eigenvalue weighted by molar-refractivity contribution is -0.124. The molecule has 1 aliphatic rings. The zero-order valence-electron chi connectivity index (χ0n) is 17.6. The van der Waals surface area contributed by atoms with E-state index in [0.717, 1.165) is 11.8 Å². The summed E-state index contributed by atoms with van der Waals surface area (Å²) in [4.78, 5) is 38.9. The van der Waals surface area contributed by atoms with Crippen molar-refractivity contribution < 1.29 is 23.9 Å². The van der Waals surface area contributed by atoms with Gasteiger partial charge in [0.2, 0.25) is 0 Å². The number of nitrogens with zero attached hydrogens (tertiary/aromatic N) is 1. The molecule has 3 amide bonds. The first-order valence-electron chi connectivity index (χ1n) is 9.86. The van der Waals surface area contributed by atoms with Crippen LogP contribution in [0.4, 0.5) is 10.5 Å². The van der Waals surface area contributed by atoms with Crippen LogP contribution in [-0.4, -0.2) is 41.7 Å². The van der Waals surface area contributed by atoms with Gasteiger partial charge in [0.15, 0.2) is 18.1 Å². The van der Waals surface area contributed by atoms with E-state index in [2.05, 4.69) is 5.32 Å². The molecule has 0 radical (unpaired) electrons. The molecule has 1 heterocycles. The zero-order chi connectivity index (χ0) is 22.4. The van der Waals surface area contributed by atoms with Crippen LogP contribution in [0.5, 0.6) is 11.5 Å². The second kappa shape index (κ2) is 10.2. The standard InChI is InChI=1S/C23H24N2O5S/c1-4-15(2)25-22(27)19(31-23(25)28)13-16-9-8-12-18(29-3)21(16)30-14-20(26)24-17-10-6-5-7-11-17/h5-13,15H,4,14H2,1-3H3,(H,24,26). The number of imide groups is 1. The summed E-state index contributed by atoms with van der Waals surface area (Å²) in [6, 6.07) is 14.1. The van der Waals surface area contributed by atoms with E-state index in [1.807, 2.05) is 32.0 Å². The summed E-state index contributed by atoms with van der Waals surface area (Å²) in [5.41, 5.74) is 1.21. The number of amides is 3. The van der Waals surface area contributed by atoms with Crippen LogP contribution in [0.1, 0.15) is 25.8 Å². The van der Waals surface area contributed by atoms with Gasteiger partial charge in [-0.05, 0) is 49.4 Å². The summed E-state index contributed by atoms with van der Waals surface area (Å²) in [5, 5.41) is 2.46. The van der Waals surface area contributed by atoms with E-state index >= 15 is 0 Å². The normalized spacial score (nSPS) is 15.8. The Morgan fingerprint density at radius 2 is 1.90 bits per heavy atom. The van der Waals surface area contributed by atoms with Crippen molar-refractivity contribution in [1.82, 2.24) is 4.90 Å². The maximum absolute atomic E-state index is 12.7. The fourth-order valence-corrected chi connectivity index (χ4v) is 3.92. The maximum atomic E-state index is 12.7. The smallest absolute Gasteiger partial charge is 0.293 e. The van der Waals surface area contributed by atoms with Gasteiger partial charge in [-0.2, -0.15) is 0 Å². The highest BCUT2D eigenvalue weighted by Crippen LogP contribution is 2.38. The molecular weight excluding hydrogens is 416 g/mol. The molecule has 1 atom stereocenters. The van der Waals surface area contributed by atoms with Crippen molar-refractivity contribution in [1.29, 1.82) is 0 Å². The quantitative estimate of drug-likeness (QED) is 0.607. The van der Waals surface area contributed by atoms with Crippen LogP contribution in [0, 0.1) is 0 Å². The highest BCUT2D eigenvalue weighted by atomic mass is 32.2.